The van der Waals surface area contributed by atoms with Crippen LogP contribution in [-0.2, 0) is 15.6 Å². The summed E-state index contributed by atoms with van der Waals surface area (Å²) in [7, 11) is -2.58. The van der Waals surface area contributed by atoms with Gasteiger partial charge in [-0.3, -0.25) is 4.79 Å². The summed E-state index contributed by atoms with van der Waals surface area (Å²) < 4.78 is 40.0. The Morgan fingerprint density at radius 3 is 2.31 bits per heavy atom. The lowest BCUT2D eigenvalue weighted by molar-refractivity contribution is 0.0907. The van der Waals surface area contributed by atoms with Crippen LogP contribution in [0.25, 0.3) is 0 Å². The molecule has 0 heterocycles. The molecule has 140 valence electrons. The first kappa shape index (κ1) is 20.6. The van der Waals surface area contributed by atoms with Crippen molar-refractivity contribution in [2.45, 2.75) is 24.3 Å². The number of rotatable bonds is 5. The van der Waals surface area contributed by atoms with Gasteiger partial charge >= 0.3 is 0 Å². The maximum absolute atomic E-state index is 14.1. The molecular weight excluding hydrogens is 402 g/mol. The number of halogens is 3. The second-order valence-electron chi connectivity index (χ2n) is 6.06. The number of nitrogens with one attached hydrogen (secondary N) is 2. The van der Waals surface area contributed by atoms with E-state index in [1.807, 2.05) is 0 Å². The Morgan fingerprint density at radius 1 is 1.08 bits per heavy atom. The number of hydrogen-bond donors (Lipinski definition) is 2. The maximum Gasteiger partial charge on any atom is 0.254 e. The predicted molar refractivity (Wildman–Crippen MR) is 99.6 cm³/mol. The summed E-state index contributed by atoms with van der Waals surface area (Å²) in [5.41, 5.74) is -0.635. The van der Waals surface area contributed by atoms with Crippen LogP contribution in [0.1, 0.15) is 29.8 Å². The zero-order chi connectivity index (χ0) is 19.7. The molecule has 2 aromatic carbocycles. The van der Waals surface area contributed by atoms with E-state index < -0.39 is 27.3 Å². The lowest BCUT2D eigenvalue weighted by Gasteiger charge is -2.27. The topological polar surface area (TPSA) is 75.3 Å². The molecule has 2 rings (SSSR count). The molecule has 0 bridgehead atoms. The van der Waals surface area contributed by atoms with Crippen molar-refractivity contribution in [3.8, 4) is 0 Å². The minimum atomic E-state index is -3.81. The Kier molecular flexibility index (Phi) is 5.97. The Morgan fingerprint density at radius 2 is 1.73 bits per heavy atom. The zero-order valence-electron chi connectivity index (χ0n) is 14.2. The quantitative estimate of drug-likeness (QED) is 0.776. The SMILES string of the molecule is CNS(=O)(=O)c1ccc(F)c(C(=O)NC(C)(C)c2ccc(Cl)c(Cl)c2)c1. The maximum atomic E-state index is 14.1. The summed E-state index contributed by atoms with van der Waals surface area (Å²) in [5.74, 6) is -1.59. The molecule has 0 aromatic heterocycles. The van der Waals surface area contributed by atoms with E-state index in [0.717, 1.165) is 18.2 Å². The summed E-state index contributed by atoms with van der Waals surface area (Å²) in [6.07, 6.45) is 0. The average Bonchev–Trinajstić information content (AvgIpc) is 2.56. The Hall–Kier alpha value is -1.67. The molecule has 2 aromatic rings. The van der Waals surface area contributed by atoms with Gasteiger partial charge in [-0.15, -0.1) is 0 Å². The average molecular weight is 419 g/mol. The van der Waals surface area contributed by atoms with Crippen molar-refractivity contribution in [1.82, 2.24) is 10.0 Å². The first-order chi connectivity index (χ1) is 12.0. The summed E-state index contributed by atoms with van der Waals surface area (Å²) in [6.45, 7) is 3.41. The minimum absolute atomic E-state index is 0.209. The molecule has 0 radical (unpaired) electrons. The molecule has 0 aliphatic carbocycles. The normalized spacial score (nSPS) is 12.1. The first-order valence-electron chi connectivity index (χ1n) is 7.49. The number of carbonyl (C=O) groups excluding carboxylic acids is 1. The predicted octanol–water partition coefficient (Wildman–Crippen LogP) is 3.71. The van der Waals surface area contributed by atoms with E-state index in [1.54, 1.807) is 32.0 Å². The van der Waals surface area contributed by atoms with Crippen LogP contribution in [-0.4, -0.2) is 21.4 Å². The first-order valence-corrected chi connectivity index (χ1v) is 9.73. The number of amides is 1. The fraction of sp³-hybridized carbons (Fsp3) is 0.235. The molecule has 0 fully saturated rings. The van der Waals surface area contributed by atoms with Crippen LogP contribution in [0.3, 0.4) is 0 Å². The minimum Gasteiger partial charge on any atom is -0.343 e. The van der Waals surface area contributed by atoms with Gasteiger partial charge in [0.15, 0.2) is 0 Å². The molecular formula is C17H17Cl2FN2O3S. The third-order valence-corrected chi connectivity index (χ3v) is 5.98. The highest BCUT2D eigenvalue weighted by Crippen LogP contribution is 2.29. The van der Waals surface area contributed by atoms with Gasteiger partial charge in [0.1, 0.15) is 5.82 Å². The van der Waals surface area contributed by atoms with Gasteiger partial charge in [-0.1, -0.05) is 29.3 Å². The van der Waals surface area contributed by atoms with Crippen molar-refractivity contribution in [3.63, 3.8) is 0 Å². The second-order valence-corrected chi connectivity index (χ2v) is 8.76. The van der Waals surface area contributed by atoms with Crippen LogP contribution in [0.15, 0.2) is 41.3 Å². The lowest BCUT2D eigenvalue weighted by Crippen LogP contribution is -2.41. The van der Waals surface area contributed by atoms with Crippen LogP contribution in [0.5, 0.6) is 0 Å². The van der Waals surface area contributed by atoms with E-state index in [1.165, 1.54) is 7.05 Å². The number of benzene rings is 2. The van der Waals surface area contributed by atoms with Crippen LogP contribution >= 0.6 is 23.2 Å². The van der Waals surface area contributed by atoms with Gasteiger partial charge in [-0.2, -0.15) is 0 Å². The van der Waals surface area contributed by atoms with Gasteiger partial charge in [-0.05, 0) is 56.8 Å². The highest BCUT2D eigenvalue weighted by molar-refractivity contribution is 7.89. The zero-order valence-corrected chi connectivity index (χ0v) is 16.6. The molecule has 1 amide bonds. The standard InChI is InChI=1S/C17H17Cl2FN2O3S/c1-17(2,10-4-6-13(18)14(19)8-10)22-16(23)12-9-11(5-7-15(12)20)26(24,25)21-3/h4-9,21H,1-3H3,(H,22,23). The third kappa shape index (κ3) is 4.35. The fourth-order valence-electron chi connectivity index (χ4n) is 2.27. The van der Waals surface area contributed by atoms with E-state index in [-0.39, 0.29) is 10.5 Å². The highest BCUT2D eigenvalue weighted by Gasteiger charge is 2.26. The van der Waals surface area contributed by atoms with Crippen LogP contribution < -0.4 is 10.0 Å². The van der Waals surface area contributed by atoms with Gasteiger partial charge in [0, 0.05) is 0 Å². The molecule has 9 heteroatoms. The van der Waals surface area contributed by atoms with Gasteiger partial charge in [0.05, 0.1) is 26.0 Å². The van der Waals surface area contributed by atoms with Crippen molar-refractivity contribution in [2.24, 2.45) is 0 Å². The molecule has 0 saturated carbocycles. The Labute approximate surface area is 161 Å². The van der Waals surface area contributed by atoms with E-state index >= 15 is 0 Å². The Balaban J connectivity index is 2.37. The van der Waals surface area contributed by atoms with Crippen molar-refractivity contribution < 1.29 is 17.6 Å². The van der Waals surface area contributed by atoms with Crippen LogP contribution in [0.4, 0.5) is 4.39 Å². The summed E-state index contributed by atoms with van der Waals surface area (Å²) in [6, 6.07) is 7.89. The van der Waals surface area contributed by atoms with Gasteiger partial charge in [-0.25, -0.2) is 17.5 Å². The van der Waals surface area contributed by atoms with E-state index in [2.05, 4.69) is 10.0 Å². The van der Waals surface area contributed by atoms with Crippen LogP contribution in [0.2, 0.25) is 10.0 Å². The molecule has 0 aliphatic heterocycles. The molecule has 26 heavy (non-hydrogen) atoms. The molecule has 0 aliphatic rings. The van der Waals surface area contributed by atoms with Crippen molar-refractivity contribution >= 4 is 39.1 Å². The lowest BCUT2D eigenvalue weighted by atomic mass is 9.94. The number of sulfonamides is 1. The summed E-state index contributed by atoms with van der Waals surface area (Å²) in [5, 5.41) is 3.37. The highest BCUT2D eigenvalue weighted by atomic mass is 35.5. The van der Waals surface area contributed by atoms with Gasteiger partial charge in [0.25, 0.3) is 5.91 Å². The van der Waals surface area contributed by atoms with Crippen molar-refractivity contribution in [3.05, 3.63) is 63.4 Å². The fourth-order valence-corrected chi connectivity index (χ4v) is 3.33. The monoisotopic (exact) mass is 418 g/mol. The van der Waals surface area contributed by atoms with Crippen LogP contribution in [0, 0.1) is 5.82 Å². The third-order valence-electron chi connectivity index (χ3n) is 3.83. The largest absolute Gasteiger partial charge is 0.343 e. The Bertz CT molecular complexity index is 962. The van der Waals surface area contributed by atoms with Gasteiger partial charge < -0.3 is 5.32 Å². The van der Waals surface area contributed by atoms with E-state index in [0.29, 0.717) is 15.6 Å². The number of hydrogen-bond acceptors (Lipinski definition) is 3. The molecule has 0 atom stereocenters. The molecule has 2 N–H and O–H groups in total. The van der Waals surface area contributed by atoms with Gasteiger partial charge in [0.2, 0.25) is 10.0 Å². The molecule has 0 spiro atoms. The second kappa shape index (κ2) is 7.52. The molecule has 0 unspecified atom stereocenters. The molecule has 5 nitrogen and oxygen atoms in total. The number of carbonyl (C=O) groups is 1. The van der Waals surface area contributed by atoms with E-state index in [4.69, 9.17) is 23.2 Å². The van der Waals surface area contributed by atoms with Crippen molar-refractivity contribution in [1.29, 1.82) is 0 Å². The van der Waals surface area contributed by atoms with Crippen molar-refractivity contribution in [2.75, 3.05) is 7.05 Å². The summed E-state index contributed by atoms with van der Waals surface area (Å²) >= 11 is 11.9. The molecule has 0 saturated heterocycles. The smallest absolute Gasteiger partial charge is 0.254 e. The summed E-state index contributed by atoms with van der Waals surface area (Å²) in [4.78, 5) is 12.3. The van der Waals surface area contributed by atoms with E-state index in [9.17, 15) is 17.6 Å².